The molecule has 16 fully saturated rings. The monoisotopic (exact) mass is 1430 g/mol. The van der Waals surface area contributed by atoms with Crippen molar-refractivity contribution in [1.29, 1.82) is 0 Å². The van der Waals surface area contributed by atoms with Gasteiger partial charge in [-0.1, -0.05) is 116 Å². The number of morpholine rings is 3. The number of rotatable bonds is 0. The number of benzene rings is 3. The normalized spacial score (nSPS) is 30.6. The molecule has 13 N–H and O–H groups in total. The Bertz CT molecular complexity index is 2340. The van der Waals surface area contributed by atoms with Crippen LogP contribution in [-0.4, -0.2) is 262 Å². The lowest BCUT2D eigenvalue weighted by Gasteiger charge is -2.50. The van der Waals surface area contributed by atoms with Gasteiger partial charge in [0.25, 0.3) is 0 Å². The number of nitrogens with zero attached hydrogens (tertiary/aromatic N) is 2. The van der Waals surface area contributed by atoms with E-state index in [1.165, 1.54) is 205 Å². The van der Waals surface area contributed by atoms with Gasteiger partial charge in [0, 0.05) is 179 Å². The second kappa shape index (κ2) is 50.0. The first-order chi connectivity index (χ1) is 51.1. The van der Waals surface area contributed by atoms with Gasteiger partial charge in [0.15, 0.2) is 0 Å². The second-order valence-electron chi connectivity index (χ2n) is 31.0. The van der Waals surface area contributed by atoms with Crippen molar-refractivity contribution in [3.8, 4) is 0 Å². The Morgan fingerprint density at radius 3 is 1.52 bits per heavy atom. The molecule has 10 unspecified atom stereocenters. The van der Waals surface area contributed by atoms with Crippen LogP contribution >= 0.6 is 0 Å². The molecule has 0 radical (unpaired) electrons. The molecule has 15 saturated heterocycles. The number of piperazine rings is 3. The van der Waals surface area contributed by atoms with Crippen LogP contribution in [0.2, 0.25) is 0 Å². The van der Waals surface area contributed by atoms with Gasteiger partial charge in [0.2, 0.25) is 0 Å². The van der Waals surface area contributed by atoms with Crippen molar-refractivity contribution in [3.05, 3.63) is 132 Å². The first-order valence-electron chi connectivity index (χ1n) is 41.3. The van der Waals surface area contributed by atoms with Crippen molar-refractivity contribution >= 4 is 0 Å². The lowest BCUT2D eigenvalue weighted by molar-refractivity contribution is -0.0231. The quantitative estimate of drug-likeness (QED) is 0.133. The number of aryl methyl sites for hydroxylation is 2. The largest absolute Gasteiger partial charge is 0.387 e. The summed E-state index contributed by atoms with van der Waals surface area (Å²) in [7, 11) is 0. The van der Waals surface area contributed by atoms with Gasteiger partial charge >= 0.3 is 0 Å². The van der Waals surface area contributed by atoms with Gasteiger partial charge < -0.3 is 92.8 Å². The molecule has 20 nitrogen and oxygen atoms in total. The highest BCUT2D eigenvalue weighted by Gasteiger charge is 2.42. The van der Waals surface area contributed by atoms with Gasteiger partial charge in [0.1, 0.15) is 0 Å². The van der Waals surface area contributed by atoms with Crippen LogP contribution in [0.5, 0.6) is 0 Å². The van der Waals surface area contributed by atoms with Gasteiger partial charge in [-0.15, -0.1) is 0 Å². The second-order valence-corrected chi connectivity index (χ2v) is 31.0. The average Bonchev–Trinajstić information content (AvgIpc) is 1.79. The molecule has 2 bridgehead atoms. The van der Waals surface area contributed by atoms with E-state index in [2.05, 4.69) is 121 Å². The average molecular weight is 1430 g/mol. The summed E-state index contributed by atoms with van der Waals surface area (Å²) in [5, 5.41) is 43.1. The van der Waals surface area contributed by atoms with E-state index in [9.17, 15) is 0 Å². The number of nitrogens with one attached hydrogen (secondary N) is 13. The topological polar surface area (TPSA) is 209 Å². The maximum Gasteiger partial charge on any atom is 0.0865 e. The van der Waals surface area contributed by atoms with E-state index in [1.54, 1.807) is 11.1 Å². The molecule has 103 heavy (non-hydrogen) atoms. The van der Waals surface area contributed by atoms with E-state index in [0.717, 1.165) is 179 Å². The molecular weight excluding hydrogens is 1290 g/mol. The number of hydrogen-bond acceptors (Lipinski definition) is 20. The van der Waals surface area contributed by atoms with Crippen LogP contribution in [0.3, 0.4) is 0 Å². The minimum Gasteiger partial charge on any atom is -0.387 e. The fourth-order valence-corrected chi connectivity index (χ4v) is 16.6. The Morgan fingerprint density at radius 2 is 0.990 bits per heavy atom. The number of fused-ring (bicyclic) bond motifs is 9. The summed E-state index contributed by atoms with van der Waals surface area (Å²) in [5.74, 6) is 2.78. The van der Waals surface area contributed by atoms with E-state index in [1.807, 2.05) is 66.9 Å². The Kier molecular flexibility index (Phi) is 39.7. The zero-order valence-electron chi connectivity index (χ0n) is 63.5. The zero-order valence-corrected chi connectivity index (χ0v) is 63.5. The smallest absolute Gasteiger partial charge is 0.0865 e. The van der Waals surface area contributed by atoms with Crippen LogP contribution in [0, 0.1) is 23.2 Å². The molecule has 10 atom stereocenters. The Morgan fingerprint density at radius 1 is 0.369 bits per heavy atom. The van der Waals surface area contributed by atoms with Crippen LogP contribution in [0.25, 0.3) is 0 Å². The number of hydrogen-bond donors (Lipinski definition) is 13. The van der Waals surface area contributed by atoms with E-state index in [-0.39, 0.29) is 0 Å². The van der Waals surface area contributed by atoms with Gasteiger partial charge in [-0.25, -0.2) is 0 Å². The fraction of sp³-hybridized carbons (Fsp3) is 0.735. The summed E-state index contributed by atoms with van der Waals surface area (Å²) in [5.41, 5.74) is 6.55. The highest BCUT2D eigenvalue weighted by atomic mass is 16.5. The van der Waals surface area contributed by atoms with Gasteiger partial charge in [-0.3, -0.25) is 9.80 Å². The van der Waals surface area contributed by atoms with E-state index in [0.29, 0.717) is 18.2 Å². The molecule has 17 heterocycles. The third-order valence-corrected chi connectivity index (χ3v) is 23.2. The molecule has 0 amide bonds. The van der Waals surface area contributed by atoms with Crippen molar-refractivity contribution in [3.63, 3.8) is 0 Å². The molecule has 19 aliphatic rings. The minimum absolute atomic E-state index is 0.443. The van der Waals surface area contributed by atoms with Gasteiger partial charge in [-0.2, -0.15) is 0 Å². The van der Waals surface area contributed by atoms with Crippen molar-refractivity contribution in [2.45, 2.75) is 158 Å². The van der Waals surface area contributed by atoms with E-state index >= 15 is 0 Å². The van der Waals surface area contributed by atoms with Gasteiger partial charge in [0.05, 0.1) is 59.0 Å². The Hall–Kier alpha value is -3.82. The lowest BCUT2D eigenvalue weighted by atomic mass is 9.76. The number of ether oxygens (including phenoxy) is 5. The van der Waals surface area contributed by atoms with Crippen LogP contribution < -0.4 is 69.1 Å². The van der Waals surface area contributed by atoms with Crippen molar-refractivity contribution in [2.24, 2.45) is 23.2 Å². The van der Waals surface area contributed by atoms with Crippen LogP contribution in [0.1, 0.15) is 112 Å². The summed E-state index contributed by atoms with van der Waals surface area (Å²) in [4.78, 5) is 5.09. The van der Waals surface area contributed by atoms with Crippen molar-refractivity contribution < 1.29 is 23.7 Å². The number of dihydropyridines is 1. The maximum atomic E-state index is 5.48. The maximum absolute atomic E-state index is 5.48. The fourth-order valence-electron chi connectivity index (χ4n) is 16.6. The summed E-state index contributed by atoms with van der Waals surface area (Å²) in [6.45, 7) is 37.6. The molecule has 3 aromatic carbocycles. The summed E-state index contributed by atoms with van der Waals surface area (Å²) >= 11 is 0. The molecule has 17 aliphatic heterocycles. The van der Waals surface area contributed by atoms with Crippen LogP contribution in [0.4, 0.5) is 0 Å². The SMILES string of the molecule is C1=CCNC=C1.C1CC2CCNC2C1.C1CC2CNCC1N2.C1CC2COCC2CN1.C1CCN2CCOCC2C1.C1CCNCC1.C1CN2CCOCC2CN1.C1CNCCN1.C1COC2CNCC2N1.C1NCC12CNC2.c1ccc2c(c1)CCC2.c1ccc2c(c1)COC2.c1ccccc1. The molecule has 1 saturated carbocycles. The summed E-state index contributed by atoms with van der Waals surface area (Å²) in [6, 6.07) is 33.6. The van der Waals surface area contributed by atoms with Gasteiger partial charge in [-0.05, 0) is 168 Å². The molecule has 2 aliphatic carbocycles. The zero-order chi connectivity index (χ0) is 70.5. The van der Waals surface area contributed by atoms with Crippen LogP contribution in [0.15, 0.2) is 109 Å². The van der Waals surface area contributed by atoms with E-state index < -0.39 is 0 Å². The summed E-state index contributed by atoms with van der Waals surface area (Å²) < 4.78 is 26.8. The van der Waals surface area contributed by atoms with Crippen LogP contribution in [-0.2, 0) is 49.7 Å². The Balaban J connectivity index is 0.000000120. The highest BCUT2D eigenvalue weighted by Crippen LogP contribution is 2.32. The molecule has 0 aromatic heterocycles. The summed E-state index contributed by atoms with van der Waals surface area (Å²) in [6.07, 6.45) is 30.8. The van der Waals surface area contributed by atoms with Crippen molar-refractivity contribution in [2.75, 3.05) is 210 Å². The predicted octanol–water partition coefficient (Wildman–Crippen LogP) is 5.57. The number of piperidine rings is 3. The lowest BCUT2D eigenvalue weighted by Crippen LogP contribution is -2.69. The predicted molar refractivity (Wildman–Crippen MR) is 422 cm³/mol. The third kappa shape index (κ3) is 31.0. The van der Waals surface area contributed by atoms with E-state index in [4.69, 9.17) is 23.7 Å². The minimum atomic E-state index is 0.443. The highest BCUT2D eigenvalue weighted by molar-refractivity contribution is 5.30. The molecule has 3 aromatic rings. The Labute approximate surface area is 622 Å². The molecule has 22 rings (SSSR count). The molecular formula is C83H141N15O5. The standard InChI is InChI=1S/C9H10.C8H15NO.C8H8O.C7H14N2O.C7H13NO.C7H13N.C6H12N2O.C6H12N2.C6H6.C5H10N2.C5H11N.C5H7N.C4H10N2/c1-2-5-9-7-3-6-8(9)4-1;1-2-4-9-5-6-10-7-8(9)3-1;1-2-4-8-6-9-5-7(8)3-1;1-2-9-3-4-10-6-7(9)5-8-1;1-2-8-3-7-5-9-4-6(1)7;1-2-6-4-5-8-7(6)3-1;1-2-9-6-4-7-3-5(6)8-1;1-2-6-4-7-3-5(1)8-6;1-2-4-6-5-3-1;1-5(2-6-1)3-7-4-5;2*1-2-4-6-5-3-1;1-2-6-4-3-5-1/h1-2,4-5H,3,6-7H2;8H,1-7H2;1-4H,5-6H2;7-8H,1-6H2;6-8H,1-5H2;6-8H,1-5H2;5-8H,1-4H2;5-8H,1-4H2;1-6H;6-7H,1-4H2;6H,1-5H2;1-4,6H,5H2;5-6H,1-4H2. The number of allylic oxidation sites excluding steroid dienone is 2. The molecule has 20 heteroatoms. The molecule has 578 valence electrons. The van der Waals surface area contributed by atoms with Crippen molar-refractivity contribution in [1.82, 2.24) is 78.9 Å². The molecule has 1 spiro atoms. The third-order valence-electron chi connectivity index (χ3n) is 23.2. The first kappa shape index (κ1) is 81.7. The first-order valence-corrected chi connectivity index (χ1v) is 41.3.